The molecule has 49 heavy (non-hydrogen) atoms. The van der Waals surface area contributed by atoms with Gasteiger partial charge in [-0.2, -0.15) is 0 Å². The van der Waals surface area contributed by atoms with Gasteiger partial charge < -0.3 is 0 Å². The van der Waals surface area contributed by atoms with Crippen LogP contribution in [-0.4, -0.2) is 15.0 Å². The molecule has 0 atom stereocenters. The molecule has 228 valence electrons. The van der Waals surface area contributed by atoms with Crippen molar-refractivity contribution in [2.45, 2.75) is 0 Å². The van der Waals surface area contributed by atoms with E-state index >= 15 is 0 Å². The summed E-state index contributed by atoms with van der Waals surface area (Å²) in [6, 6.07) is 58.1. The number of hydrogen-bond donors (Lipinski definition) is 0. The third-order valence-electron chi connectivity index (χ3n) is 9.49. The smallest absolute Gasteiger partial charge is 0.164 e. The van der Waals surface area contributed by atoms with Gasteiger partial charge in [0, 0.05) is 42.2 Å². The Hall–Kier alpha value is -6.23. The van der Waals surface area contributed by atoms with Crippen LogP contribution in [0.5, 0.6) is 0 Å². The van der Waals surface area contributed by atoms with Crippen molar-refractivity contribution in [1.82, 2.24) is 15.0 Å². The van der Waals surface area contributed by atoms with Gasteiger partial charge in [0.05, 0.1) is 0 Å². The lowest BCUT2D eigenvalue weighted by Crippen LogP contribution is -2.00. The third kappa shape index (κ3) is 4.68. The van der Waals surface area contributed by atoms with Gasteiger partial charge in [-0.25, -0.2) is 15.0 Å². The van der Waals surface area contributed by atoms with Crippen LogP contribution in [0.2, 0.25) is 0 Å². The second kappa shape index (κ2) is 11.2. The average molecular weight is 642 g/mol. The first-order valence-electron chi connectivity index (χ1n) is 16.4. The minimum Gasteiger partial charge on any atom is -0.208 e. The van der Waals surface area contributed by atoms with Crippen LogP contribution in [0.1, 0.15) is 0 Å². The number of aromatic nitrogens is 3. The molecule has 0 aliphatic carbocycles. The molecule has 2 aromatic heterocycles. The van der Waals surface area contributed by atoms with E-state index in [4.69, 9.17) is 15.0 Å². The van der Waals surface area contributed by atoms with E-state index < -0.39 is 0 Å². The molecule has 3 nitrogen and oxygen atoms in total. The van der Waals surface area contributed by atoms with E-state index in [1.54, 1.807) is 0 Å². The molecule has 0 bridgehead atoms. The van der Waals surface area contributed by atoms with Gasteiger partial charge >= 0.3 is 0 Å². The predicted molar refractivity (Wildman–Crippen MR) is 207 cm³/mol. The highest BCUT2D eigenvalue weighted by Crippen LogP contribution is 2.42. The van der Waals surface area contributed by atoms with Crippen molar-refractivity contribution in [3.05, 3.63) is 164 Å². The van der Waals surface area contributed by atoms with E-state index in [-0.39, 0.29) is 0 Å². The summed E-state index contributed by atoms with van der Waals surface area (Å²) in [5.41, 5.74) is 5.29. The molecule has 0 aliphatic heterocycles. The fourth-order valence-corrected chi connectivity index (χ4v) is 8.37. The topological polar surface area (TPSA) is 38.7 Å². The van der Waals surface area contributed by atoms with Crippen molar-refractivity contribution >= 4 is 63.8 Å². The summed E-state index contributed by atoms with van der Waals surface area (Å²) in [4.78, 5) is 14.8. The molecular weight excluding hydrogens is 615 g/mol. The summed E-state index contributed by atoms with van der Waals surface area (Å²) in [5, 5.41) is 10.1. The average Bonchev–Trinajstić information content (AvgIpc) is 3.56. The summed E-state index contributed by atoms with van der Waals surface area (Å²) in [6.07, 6.45) is 0. The SMILES string of the molecule is c1ccc(-c2nc(-c3ccccc3)nc(-c3ccc4c(-c5ccc6ccc7ccc8c9ccccc9sc8c7c6c5)cccc4c3)n2)cc1. The molecule has 0 unspecified atom stereocenters. The van der Waals surface area contributed by atoms with Gasteiger partial charge in [0.15, 0.2) is 17.5 Å². The van der Waals surface area contributed by atoms with E-state index in [2.05, 4.69) is 103 Å². The summed E-state index contributed by atoms with van der Waals surface area (Å²) in [7, 11) is 0. The number of benzene rings is 8. The van der Waals surface area contributed by atoms with Crippen LogP contribution in [-0.2, 0) is 0 Å². The van der Waals surface area contributed by atoms with Crippen molar-refractivity contribution in [3.8, 4) is 45.3 Å². The first kappa shape index (κ1) is 27.8. The fraction of sp³-hybridized carbons (Fsp3) is 0. The maximum atomic E-state index is 4.97. The van der Waals surface area contributed by atoms with Gasteiger partial charge in [-0.15, -0.1) is 11.3 Å². The van der Waals surface area contributed by atoms with E-state index in [9.17, 15) is 0 Å². The molecule has 0 spiro atoms. The third-order valence-corrected chi connectivity index (χ3v) is 10.7. The Balaban J connectivity index is 1.13. The van der Waals surface area contributed by atoms with Crippen LogP contribution in [0, 0.1) is 0 Å². The van der Waals surface area contributed by atoms with Crippen LogP contribution in [0.3, 0.4) is 0 Å². The number of nitrogens with zero attached hydrogens (tertiary/aromatic N) is 3. The van der Waals surface area contributed by atoms with Crippen LogP contribution < -0.4 is 0 Å². The van der Waals surface area contributed by atoms with Gasteiger partial charge in [-0.05, 0) is 56.3 Å². The first-order chi connectivity index (χ1) is 24.3. The largest absolute Gasteiger partial charge is 0.208 e. The number of thiophene rings is 1. The van der Waals surface area contributed by atoms with Crippen LogP contribution >= 0.6 is 11.3 Å². The van der Waals surface area contributed by atoms with Crippen LogP contribution in [0.25, 0.3) is 97.8 Å². The lowest BCUT2D eigenvalue weighted by molar-refractivity contribution is 1.07. The Morgan fingerprint density at radius 1 is 0.347 bits per heavy atom. The Morgan fingerprint density at radius 2 is 0.959 bits per heavy atom. The lowest BCUT2D eigenvalue weighted by Gasteiger charge is -2.12. The lowest BCUT2D eigenvalue weighted by atomic mass is 9.93. The van der Waals surface area contributed by atoms with Crippen molar-refractivity contribution in [2.24, 2.45) is 0 Å². The van der Waals surface area contributed by atoms with Gasteiger partial charge in [0.2, 0.25) is 0 Å². The normalized spacial score (nSPS) is 11.7. The zero-order valence-electron chi connectivity index (χ0n) is 26.3. The molecule has 4 heteroatoms. The fourth-order valence-electron chi connectivity index (χ4n) is 7.10. The highest BCUT2D eigenvalue weighted by molar-refractivity contribution is 7.26. The van der Waals surface area contributed by atoms with E-state index in [1.807, 2.05) is 72.0 Å². The number of hydrogen-bond acceptors (Lipinski definition) is 4. The monoisotopic (exact) mass is 641 g/mol. The van der Waals surface area contributed by atoms with Gasteiger partial charge in [-0.1, -0.05) is 146 Å². The second-order valence-electron chi connectivity index (χ2n) is 12.4. The molecule has 0 saturated heterocycles. The minimum absolute atomic E-state index is 0.657. The Labute approximate surface area is 286 Å². The molecule has 0 N–H and O–H groups in total. The highest BCUT2D eigenvalue weighted by atomic mass is 32.1. The van der Waals surface area contributed by atoms with Crippen LogP contribution in [0.4, 0.5) is 0 Å². The number of rotatable bonds is 4. The summed E-state index contributed by atoms with van der Waals surface area (Å²) in [5.74, 6) is 1.98. The van der Waals surface area contributed by atoms with Crippen molar-refractivity contribution in [3.63, 3.8) is 0 Å². The zero-order chi connectivity index (χ0) is 32.3. The van der Waals surface area contributed by atoms with Crippen LogP contribution in [0.15, 0.2) is 164 Å². The van der Waals surface area contributed by atoms with E-state index in [0.29, 0.717) is 17.5 Å². The minimum atomic E-state index is 0.657. The standard InChI is InChI=1S/C45H27N3S/c1-3-10-30(11-4-1)43-46-44(31-12-5-2-6-13-31)48-45(47-43)34-23-24-36-32(26-34)14-9-16-35(36)33-21-19-28-18-20-29-22-25-38-37-15-7-8-17-40(37)49-42(38)41(29)39(28)27-33/h1-27H. The maximum absolute atomic E-state index is 4.97. The Morgan fingerprint density at radius 3 is 1.73 bits per heavy atom. The van der Waals surface area contributed by atoms with E-state index in [1.165, 1.54) is 58.2 Å². The molecule has 10 rings (SSSR count). The van der Waals surface area contributed by atoms with Gasteiger partial charge in [0.1, 0.15) is 0 Å². The summed E-state index contributed by atoms with van der Waals surface area (Å²) in [6.45, 7) is 0. The van der Waals surface area contributed by atoms with Gasteiger partial charge in [-0.3, -0.25) is 0 Å². The molecule has 0 radical (unpaired) electrons. The van der Waals surface area contributed by atoms with Crippen molar-refractivity contribution in [1.29, 1.82) is 0 Å². The highest BCUT2D eigenvalue weighted by Gasteiger charge is 2.15. The Bertz CT molecular complexity index is 2820. The van der Waals surface area contributed by atoms with E-state index in [0.717, 1.165) is 22.1 Å². The zero-order valence-corrected chi connectivity index (χ0v) is 27.2. The molecule has 0 aliphatic rings. The molecule has 10 aromatic rings. The molecule has 0 saturated carbocycles. The molecule has 2 heterocycles. The summed E-state index contributed by atoms with van der Waals surface area (Å²) < 4.78 is 2.68. The van der Waals surface area contributed by atoms with Crippen molar-refractivity contribution in [2.75, 3.05) is 0 Å². The number of fused-ring (bicyclic) bond motifs is 8. The second-order valence-corrected chi connectivity index (χ2v) is 13.5. The molecule has 0 amide bonds. The molecule has 8 aromatic carbocycles. The summed E-state index contributed by atoms with van der Waals surface area (Å²) >= 11 is 1.89. The molecular formula is C45H27N3S. The maximum Gasteiger partial charge on any atom is 0.164 e. The predicted octanol–water partition coefficient (Wildman–Crippen LogP) is 12.4. The molecule has 0 fully saturated rings. The van der Waals surface area contributed by atoms with Crippen molar-refractivity contribution < 1.29 is 0 Å². The first-order valence-corrected chi connectivity index (χ1v) is 17.3. The van der Waals surface area contributed by atoms with Gasteiger partial charge in [0.25, 0.3) is 0 Å². The Kier molecular flexibility index (Phi) is 6.36. The quantitative estimate of drug-likeness (QED) is 0.180.